The number of piperidine rings is 1. The second-order valence-electron chi connectivity index (χ2n) is 6.99. The molecule has 1 saturated heterocycles. The van der Waals surface area contributed by atoms with E-state index in [2.05, 4.69) is 26.3 Å². The fraction of sp³-hybridized carbons (Fsp3) is 0.421. The molecule has 6 nitrogen and oxygen atoms in total. The third kappa shape index (κ3) is 3.35. The van der Waals surface area contributed by atoms with Crippen LogP contribution in [0.1, 0.15) is 31.2 Å². The molecule has 6 heteroatoms. The largest absolute Gasteiger partial charge is 0.405 e. The van der Waals surface area contributed by atoms with Crippen molar-refractivity contribution < 1.29 is 0 Å². The van der Waals surface area contributed by atoms with E-state index in [-0.39, 0.29) is 0 Å². The minimum Gasteiger partial charge on any atom is -0.405 e. The molecule has 0 spiro atoms. The lowest BCUT2D eigenvalue weighted by Gasteiger charge is -2.35. The van der Waals surface area contributed by atoms with Gasteiger partial charge in [0.05, 0.1) is 11.1 Å². The number of fused-ring (bicyclic) bond motifs is 1. The van der Waals surface area contributed by atoms with Crippen molar-refractivity contribution in [1.82, 2.24) is 15.3 Å². The van der Waals surface area contributed by atoms with Crippen LogP contribution in [0.25, 0.3) is 16.7 Å². The quantitative estimate of drug-likeness (QED) is 0.626. The lowest BCUT2D eigenvalue weighted by molar-refractivity contribution is 0.421. The summed E-state index contributed by atoms with van der Waals surface area (Å²) in [6.07, 6.45) is 14.0. The fourth-order valence-electron chi connectivity index (χ4n) is 3.69. The van der Waals surface area contributed by atoms with Crippen molar-refractivity contribution in [3.63, 3.8) is 0 Å². The van der Waals surface area contributed by atoms with Crippen molar-refractivity contribution >= 4 is 22.4 Å². The highest BCUT2D eigenvalue weighted by atomic mass is 15.2. The predicted molar refractivity (Wildman–Crippen MR) is 103 cm³/mol. The number of aromatic amines is 1. The molecule has 0 amide bonds. The zero-order chi connectivity index (χ0) is 17.2. The molecule has 2 aromatic rings. The van der Waals surface area contributed by atoms with Crippen molar-refractivity contribution in [2.45, 2.75) is 37.8 Å². The number of aromatic nitrogens is 2. The Morgan fingerprint density at radius 3 is 3.00 bits per heavy atom. The third-order valence-electron chi connectivity index (χ3n) is 5.06. The molecule has 132 valence electrons. The smallest absolute Gasteiger partial charge is 0.140 e. The van der Waals surface area contributed by atoms with Crippen LogP contribution < -0.4 is 21.7 Å². The van der Waals surface area contributed by atoms with Crippen molar-refractivity contribution in [3.05, 3.63) is 42.4 Å². The number of hydrogen-bond donors (Lipinski definition) is 4. The number of pyridine rings is 1. The van der Waals surface area contributed by atoms with Crippen molar-refractivity contribution in [1.29, 1.82) is 0 Å². The molecule has 2 aliphatic rings. The molecule has 6 N–H and O–H groups in total. The average molecular weight is 338 g/mol. The topological polar surface area (TPSA) is 96.0 Å². The van der Waals surface area contributed by atoms with Crippen LogP contribution in [-0.4, -0.2) is 35.1 Å². The molecule has 1 aliphatic heterocycles. The van der Waals surface area contributed by atoms with Gasteiger partial charge in [-0.3, -0.25) is 0 Å². The Hall–Kier alpha value is -2.47. The summed E-state index contributed by atoms with van der Waals surface area (Å²) in [7, 11) is 0. The van der Waals surface area contributed by atoms with Crippen LogP contribution in [0.15, 0.2) is 36.8 Å². The second kappa shape index (κ2) is 6.80. The zero-order valence-electron chi connectivity index (χ0n) is 14.4. The molecular formula is C19H26N6. The van der Waals surface area contributed by atoms with Crippen molar-refractivity contribution in [3.8, 4) is 0 Å². The first-order valence-corrected chi connectivity index (χ1v) is 9.07. The summed E-state index contributed by atoms with van der Waals surface area (Å²) < 4.78 is 0. The van der Waals surface area contributed by atoms with Crippen molar-refractivity contribution in [2.24, 2.45) is 11.5 Å². The highest BCUT2D eigenvalue weighted by molar-refractivity contribution is 5.99. The van der Waals surface area contributed by atoms with E-state index in [9.17, 15) is 0 Å². The van der Waals surface area contributed by atoms with Gasteiger partial charge in [-0.2, -0.15) is 0 Å². The van der Waals surface area contributed by atoms with Gasteiger partial charge in [-0.15, -0.1) is 0 Å². The first-order valence-electron chi connectivity index (χ1n) is 9.07. The maximum atomic E-state index is 6.27. The summed E-state index contributed by atoms with van der Waals surface area (Å²) in [5, 5.41) is 4.87. The number of H-pyrrole nitrogens is 1. The Bertz CT molecular complexity index is 801. The Balaban J connectivity index is 1.67. The Kier molecular flexibility index (Phi) is 4.36. The van der Waals surface area contributed by atoms with E-state index in [1.54, 1.807) is 6.08 Å². The third-order valence-corrected chi connectivity index (χ3v) is 5.06. The number of hydrogen-bond acceptors (Lipinski definition) is 5. The number of nitrogens with one attached hydrogen (secondary N) is 2. The van der Waals surface area contributed by atoms with E-state index in [1.807, 2.05) is 18.5 Å². The average Bonchev–Trinajstić information content (AvgIpc) is 3.34. The molecule has 1 atom stereocenters. The molecule has 2 aromatic heterocycles. The minimum absolute atomic E-state index is 0.569. The number of nitrogens with two attached hydrogens (primary N) is 2. The molecule has 0 radical (unpaired) electrons. The number of rotatable bonds is 5. The van der Waals surface area contributed by atoms with Gasteiger partial charge in [-0.1, -0.05) is 0 Å². The van der Waals surface area contributed by atoms with Gasteiger partial charge in [0.2, 0.25) is 0 Å². The van der Waals surface area contributed by atoms with E-state index in [0.29, 0.717) is 11.7 Å². The Labute approximate surface area is 148 Å². The minimum atomic E-state index is 0.569. The number of allylic oxidation sites excluding steroid dienone is 2. The maximum Gasteiger partial charge on any atom is 0.140 e. The molecular weight excluding hydrogens is 312 g/mol. The molecule has 0 unspecified atom stereocenters. The predicted octanol–water partition coefficient (Wildman–Crippen LogP) is 2.06. The summed E-state index contributed by atoms with van der Waals surface area (Å²) in [5.41, 5.74) is 15.4. The Morgan fingerprint density at radius 2 is 2.20 bits per heavy atom. The summed E-state index contributed by atoms with van der Waals surface area (Å²) in [4.78, 5) is 10.2. The maximum absolute atomic E-state index is 6.27. The SMILES string of the molecule is N/C=C\C=C(/N)c1c[nH]c2nccc(N3CCC[C@H](NC4CC4)C3)c12. The first kappa shape index (κ1) is 16.0. The summed E-state index contributed by atoms with van der Waals surface area (Å²) in [6, 6.07) is 3.41. The van der Waals surface area contributed by atoms with Crippen LogP contribution in [-0.2, 0) is 0 Å². The van der Waals surface area contributed by atoms with Crippen LogP contribution >= 0.6 is 0 Å². The molecule has 0 bridgehead atoms. The second-order valence-corrected chi connectivity index (χ2v) is 6.99. The lowest BCUT2D eigenvalue weighted by Crippen LogP contribution is -2.46. The van der Waals surface area contributed by atoms with E-state index in [4.69, 9.17) is 11.5 Å². The fourth-order valence-corrected chi connectivity index (χ4v) is 3.69. The van der Waals surface area contributed by atoms with E-state index in [0.717, 1.165) is 35.7 Å². The van der Waals surface area contributed by atoms with Gasteiger partial charge < -0.3 is 26.7 Å². The van der Waals surface area contributed by atoms with Gasteiger partial charge in [0.15, 0.2) is 0 Å². The van der Waals surface area contributed by atoms with E-state index < -0.39 is 0 Å². The first-order chi connectivity index (χ1) is 12.3. The van der Waals surface area contributed by atoms with Crippen molar-refractivity contribution in [2.75, 3.05) is 18.0 Å². The van der Waals surface area contributed by atoms with Gasteiger partial charge in [0, 0.05) is 48.8 Å². The summed E-state index contributed by atoms with van der Waals surface area (Å²) >= 11 is 0. The van der Waals surface area contributed by atoms with Gasteiger partial charge in [-0.05, 0) is 50.1 Å². The van der Waals surface area contributed by atoms with Gasteiger partial charge in [0.1, 0.15) is 5.65 Å². The van der Waals surface area contributed by atoms with Crippen LogP contribution in [0.4, 0.5) is 5.69 Å². The lowest BCUT2D eigenvalue weighted by atomic mass is 10.0. The van der Waals surface area contributed by atoms with Crippen LogP contribution in [0, 0.1) is 0 Å². The standard InChI is InChI=1S/C19H26N6/c20-8-1-4-16(21)15-11-23-19-18(15)17(7-9-22-19)25-10-2-3-14(12-25)24-13-5-6-13/h1,4,7-9,11,13-14,24H,2-3,5-6,10,12,20-21H2,(H,22,23)/b8-1-,16-4-/t14-/m0/s1. The van der Waals surface area contributed by atoms with Crippen LogP contribution in [0.2, 0.25) is 0 Å². The summed E-state index contributed by atoms with van der Waals surface area (Å²) in [5.74, 6) is 0. The molecule has 2 fully saturated rings. The molecule has 1 saturated carbocycles. The van der Waals surface area contributed by atoms with Gasteiger partial charge in [-0.25, -0.2) is 4.98 Å². The van der Waals surface area contributed by atoms with Crippen LogP contribution in [0.3, 0.4) is 0 Å². The monoisotopic (exact) mass is 338 g/mol. The highest BCUT2D eigenvalue weighted by Gasteiger charge is 2.28. The normalized spacial score (nSPS) is 22.2. The van der Waals surface area contributed by atoms with E-state index in [1.165, 1.54) is 37.6 Å². The molecule has 4 rings (SSSR count). The van der Waals surface area contributed by atoms with Crippen LogP contribution in [0.5, 0.6) is 0 Å². The van der Waals surface area contributed by atoms with Gasteiger partial charge in [0.25, 0.3) is 0 Å². The molecule has 3 heterocycles. The van der Waals surface area contributed by atoms with Gasteiger partial charge >= 0.3 is 0 Å². The molecule has 25 heavy (non-hydrogen) atoms. The molecule has 0 aromatic carbocycles. The highest BCUT2D eigenvalue weighted by Crippen LogP contribution is 2.33. The van der Waals surface area contributed by atoms with E-state index >= 15 is 0 Å². The molecule has 1 aliphatic carbocycles. The Morgan fingerprint density at radius 1 is 1.32 bits per heavy atom. The number of anilines is 1. The zero-order valence-corrected chi connectivity index (χ0v) is 14.4. The number of nitrogens with zero attached hydrogens (tertiary/aromatic N) is 2. The summed E-state index contributed by atoms with van der Waals surface area (Å²) in [6.45, 7) is 2.10.